The van der Waals surface area contributed by atoms with Crippen LogP contribution in [0.1, 0.15) is 44.6 Å². The number of ether oxygens (including phenoxy) is 1. The van der Waals surface area contributed by atoms with Crippen LogP contribution in [0.3, 0.4) is 0 Å². The van der Waals surface area contributed by atoms with Gasteiger partial charge in [0.15, 0.2) is 5.69 Å². The van der Waals surface area contributed by atoms with Crippen molar-refractivity contribution in [1.29, 1.82) is 0 Å². The molecule has 0 aliphatic carbocycles. The molecule has 2 saturated heterocycles. The lowest BCUT2D eigenvalue weighted by molar-refractivity contribution is -0.141. The molecular weight excluding hydrogens is 337 g/mol. The van der Waals surface area contributed by atoms with Gasteiger partial charge in [0.2, 0.25) is 0 Å². The highest BCUT2D eigenvalue weighted by Gasteiger charge is 2.49. The van der Waals surface area contributed by atoms with Crippen molar-refractivity contribution in [2.45, 2.75) is 51.1 Å². The molecule has 0 saturated carbocycles. The summed E-state index contributed by atoms with van der Waals surface area (Å²) in [5, 5.41) is 3.32. The molecule has 1 aromatic rings. The van der Waals surface area contributed by atoms with Gasteiger partial charge in [-0.05, 0) is 39.7 Å². The van der Waals surface area contributed by atoms with Gasteiger partial charge < -0.3 is 10.1 Å². The first-order valence-corrected chi connectivity index (χ1v) is 8.18. The zero-order valence-electron chi connectivity index (χ0n) is 14.3. The molecule has 1 amide bonds. The van der Waals surface area contributed by atoms with E-state index in [1.54, 1.807) is 25.7 Å². The molecular formula is C16H21F3N4O2. The molecule has 3 unspecified atom stereocenters. The number of rotatable bonds is 1. The summed E-state index contributed by atoms with van der Waals surface area (Å²) in [6, 6.07) is -0.546. The Kier molecular flexibility index (Phi) is 4.38. The zero-order valence-corrected chi connectivity index (χ0v) is 14.3. The van der Waals surface area contributed by atoms with Crippen molar-refractivity contribution in [2.75, 3.05) is 13.1 Å². The Hall–Kier alpha value is -1.90. The van der Waals surface area contributed by atoms with E-state index >= 15 is 0 Å². The predicted octanol–water partition coefficient (Wildman–Crippen LogP) is 2.77. The van der Waals surface area contributed by atoms with Crippen LogP contribution in [0.15, 0.2) is 12.4 Å². The van der Waals surface area contributed by atoms with Gasteiger partial charge in [-0.3, -0.25) is 9.88 Å². The Balaban J connectivity index is 1.88. The molecule has 1 aromatic heterocycles. The Morgan fingerprint density at radius 3 is 2.56 bits per heavy atom. The average Bonchev–Trinajstić information content (AvgIpc) is 3.04. The standard InChI is InChI=1S/C16H21F3N4O2/c1-15(2,3)25-14(24)23-8-9-4-5-20-12(9)13(23)10-6-22-11(7-21-10)16(17,18)19/h6-7,9,12-13,20H,4-5,8H2,1-3H3. The minimum absolute atomic E-state index is 0.0569. The second-order valence-corrected chi connectivity index (χ2v) is 7.43. The third kappa shape index (κ3) is 3.70. The number of amides is 1. The summed E-state index contributed by atoms with van der Waals surface area (Å²) in [6.07, 6.45) is -2.32. The van der Waals surface area contributed by atoms with Gasteiger partial charge in [0, 0.05) is 12.6 Å². The van der Waals surface area contributed by atoms with Gasteiger partial charge in [-0.2, -0.15) is 13.2 Å². The minimum atomic E-state index is -4.54. The van der Waals surface area contributed by atoms with Gasteiger partial charge in [-0.25, -0.2) is 9.78 Å². The van der Waals surface area contributed by atoms with Gasteiger partial charge in [0.05, 0.1) is 24.1 Å². The molecule has 6 nitrogen and oxygen atoms in total. The molecule has 3 rings (SSSR count). The molecule has 25 heavy (non-hydrogen) atoms. The normalized spacial score (nSPS) is 26.6. The molecule has 2 aliphatic heterocycles. The first kappa shape index (κ1) is 17.9. The van der Waals surface area contributed by atoms with Gasteiger partial charge in [0.1, 0.15) is 5.60 Å². The van der Waals surface area contributed by atoms with Crippen molar-refractivity contribution in [1.82, 2.24) is 20.2 Å². The number of hydrogen-bond acceptors (Lipinski definition) is 5. The van der Waals surface area contributed by atoms with E-state index in [-0.39, 0.29) is 12.0 Å². The van der Waals surface area contributed by atoms with Crippen LogP contribution in [-0.4, -0.2) is 45.7 Å². The summed E-state index contributed by atoms with van der Waals surface area (Å²) in [7, 11) is 0. The number of carbonyl (C=O) groups excluding carboxylic acids is 1. The third-order valence-corrected chi connectivity index (χ3v) is 4.40. The Morgan fingerprint density at radius 1 is 1.28 bits per heavy atom. The highest BCUT2D eigenvalue weighted by molar-refractivity contribution is 5.69. The van der Waals surface area contributed by atoms with Crippen molar-refractivity contribution in [3.8, 4) is 0 Å². The molecule has 0 spiro atoms. The Bertz CT molecular complexity index is 642. The number of fused-ring (bicyclic) bond motifs is 1. The van der Waals surface area contributed by atoms with Gasteiger partial charge >= 0.3 is 12.3 Å². The minimum Gasteiger partial charge on any atom is -0.444 e. The van der Waals surface area contributed by atoms with Gasteiger partial charge in [0.25, 0.3) is 0 Å². The van der Waals surface area contributed by atoms with E-state index in [9.17, 15) is 18.0 Å². The monoisotopic (exact) mass is 358 g/mol. The number of hydrogen-bond donors (Lipinski definition) is 1. The van der Waals surface area contributed by atoms with Crippen LogP contribution >= 0.6 is 0 Å². The van der Waals surface area contributed by atoms with Crippen LogP contribution in [0.5, 0.6) is 0 Å². The number of aromatic nitrogens is 2. The maximum Gasteiger partial charge on any atom is 0.434 e. The lowest BCUT2D eigenvalue weighted by atomic mass is 9.99. The van der Waals surface area contributed by atoms with Gasteiger partial charge in [-0.15, -0.1) is 0 Å². The van der Waals surface area contributed by atoms with E-state index in [0.717, 1.165) is 19.2 Å². The molecule has 3 atom stereocenters. The van der Waals surface area contributed by atoms with Crippen LogP contribution in [0.4, 0.5) is 18.0 Å². The van der Waals surface area contributed by atoms with Crippen molar-refractivity contribution in [2.24, 2.45) is 5.92 Å². The Morgan fingerprint density at radius 2 is 2.00 bits per heavy atom. The smallest absolute Gasteiger partial charge is 0.434 e. The molecule has 0 radical (unpaired) electrons. The van der Waals surface area contributed by atoms with E-state index < -0.39 is 29.6 Å². The van der Waals surface area contributed by atoms with E-state index in [4.69, 9.17) is 4.74 Å². The number of alkyl halides is 3. The molecule has 2 fully saturated rings. The summed E-state index contributed by atoms with van der Waals surface area (Å²) >= 11 is 0. The van der Waals surface area contributed by atoms with Crippen molar-refractivity contribution in [3.05, 3.63) is 23.8 Å². The zero-order chi connectivity index (χ0) is 18.4. The second kappa shape index (κ2) is 6.12. The molecule has 0 aromatic carbocycles. The molecule has 0 bridgehead atoms. The van der Waals surface area contributed by atoms with Crippen molar-refractivity contribution in [3.63, 3.8) is 0 Å². The van der Waals surface area contributed by atoms with Crippen LogP contribution < -0.4 is 5.32 Å². The largest absolute Gasteiger partial charge is 0.444 e. The number of likely N-dealkylation sites (tertiary alicyclic amines) is 1. The maximum atomic E-state index is 12.7. The van der Waals surface area contributed by atoms with Crippen LogP contribution in [-0.2, 0) is 10.9 Å². The first-order valence-electron chi connectivity index (χ1n) is 8.18. The lowest BCUT2D eigenvalue weighted by Gasteiger charge is -2.30. The van der Waals surface area contributed by atoms with Crippen LogP contribution in [0.2, 0.25) is 0 Å². The average molecular weight is 358 g/mol. The first-order chi connectivity index (χ1) is 11.6. The van der Waals surface area contributed by atoms with Crippen molar-refractivity contribution < 1.29 is 22.7 Å². The van der Waals surface area contributed by atoms with Crippen molar-refractivity contribution >= 4 is 6.09 Å². The lowest BCUT2D eigenvalue weighted by Crippen LogP contribution is -2.41. The van der Waals surface area contributed by atoms with E-state index in [1.807, 2.05) is 0 Å². The quantitative estimate of drug-likeness (QED) is 0.836. The number of nitrogens with one attached hydrogen (secondary N) is 1. The fraction of sp³-hybridized carbons (Fsp3) is 0.688. The summed E-state index contributed by atoms with van der Waals surface area (Å²) in [4.78, 5) is 21.5. The molecule has 1 N–H and O–H groups in total. The topological polar surface area (TPSA) is 67.3 Å². The third-order valence-electron chi connectivity index (χ3n) is 4.40. The summed E-state index contributed by atoms with van der Waals surface area (Å²) in [5.41, 5.74) is -1.37. The van der Waals surface area contributed by atoms with Gasteiger partial charge in [-0.1, -0.05) is 0 Å². The number of nitrogens with zero attached hydrogens (tertiary/aromatic N) is 3. The fourth-order valence-corrected chi connectivity index (χ4v) is 3.41. The highest BCUT2D eigenvalue weighted by Crippen LogP contribution is 2.40. The summed E-state index contributed by atoms with van der Waals surface area (Å²) in [5.74, 6) is 0.224. The van der Waals surface area contributed by atoms with E-state index in [0.29, 0.717) is 18.4 Å². The molecule has 2 aliphatic rings. The molecule has 3 heterocycles. The predicted molar refractivity (Wildman–Crippen MR) is 82.6 cm³/mol. The second-order valence-electron chi connectivity index (χ2n) is 7.43. The van der Waals surface area contributed by atoms with Crippen LogP contribution in [0.25, 0.3) is 0 Å². The van der Waals surface area contributed by atoms with Crippen LogP contribution in [0, 0.1) is 5.92 Å². The van der Waals surface area contributed by atoms with E-state index in [1.165, 1.54) is 0 Å². The SMILES string of the molecule is CC(C)(C)OC(=O)N1CC2CCNC2C1c1cnc(C(F)(F)F)cn1. The summed E-state index contributed by atoms with van der Waals surface area (Å²) in [6.45, 7) is 6.61. The highest BCUT2D eigenvalue weighted by atomic mass is 19.4. The molecule has 9 heteroatoms. The Labute approximate surface area is 143 Å². The number of halogens is 3. The summed E-state index contributed by atoms with van der Waals surface area (Å²) < 4.78 is 43.6. The maximum absolute atomic E-state index is 12.7. The fourth-order valence-electron chi connectivity index (χ4n) is 3.41. The number of carbonyl (C=O) groups is 1. The van der Waals surface area contributed by atoms with E-state index in [2.05, 4.69) is 15.3 Å². The molecule has 138 valence electrons.